The Morgan fingerprint density at radius 1 is 1.38 bits per heavy atom. The van der Waals surface area contributed by atoms with Crippen molar-refractivity contribution < 1.29 is 14.4 Å². The number of non-ortho nitro benzene ring substituents is 1. The summed E-state index contributed by atoms with van der Waals surface area (Å²) in [6, 6.07) is 3.17. The van der Waals surface area contributed by atoms with E-state index in [2.05, 4.69) is 18.7 Å². The average Bonchev–Trinajstić information content (AvgIpc) is 2.50. The van der Waals surface area contributed by atoms with Gasteiger partial charge in [-0.05, 0) is 19.5 Å². The third-order valence-electron chi connectivity index (χ3n) is 3.65. The van der Waals surface area contributed by atoms with Crippen molar-refractivity contribution >= 4 is 5.69 Å². The van der Waals surface area contributed by atoms with Crippen molar-refractivity contribution in [3.63, 3.8) is 0 Å². The van der Waals surface area contributed by atoms with Gasteiger partial charge in [-0.25, -0.2) is 0 Å². The average molecular weight is 294 g/mol. The molecule has 0 spiro atoms. The SMILES string of the molecule is CCCCN(CC)Cc1cc([N+](=O)[O-])cc2c1OCOC2. The van der Waals surface area contributed by atoms with Crippen LogP contribution in [-0.4, -0.2) is 29.7 Å². The number of nitrogens with zero attached hydrogens (tertiary/aromatic N) is 2. The van der Waals surface area contributed by atoms with Gasteiger partial charge in [0.25, 0.3) is 5.69 Å². The zero-order valence-corrected chi connectivity index (χ0v) is 12.6. The van der Waals surface area contributed by atoms with E-state index in [1.54, 1.807) is 12.1 Å². The molecule has 0 radical (unpaired) electrons. The van der Waals surface area contributed by atoms with Crippen LogP contribution in [0.4, 0.5) is 5.69 Å². The number of nitro benzene ring substituents is 1. The molecule has 0 amide bonds. The quantitative estimate of drug-likeness (QED) is 0.571. The van der Waals surface area contributed by atoms with Crippen LogP contribution in [0.3, 0.4) is 0 Å². The summed E-state index contributed by atoms with van der Waals surface area (Å²) >= 11 is 0. The summed E-state index contributed by atoms with van der Waals surface area (Å²) in [5.41, 5.74) is 1.74. The summed E-state index contributed by atoms with van der Waals surface area (Å²) < 4.78 is 10.8. The molecule has 1 aromatic rings. The van der Waals surface area contributed by atoms with Crippen LogP contribution in [0, 0.1) is 10.1 Å². The van der Waals surface area contributed by atoms with Crippen molar-refractivity contribution in [2.75, 3.05) is 19.9 Å². The van der Waals surface area contributed by atoms with Gasteiger partial charge in [0.2, 0.25) is 0 Å². The molecule has 0 aliphatic carbocycles. The Kier molecular flexibility index (Phi) is 5.52. The number of rotatable bonds is 7. The van der Waals surface area contributed by atoms with E-state index in [-0.39, 0.29) is 17.4 Å². The summed E-state index contributed by atoms with van der Waals surface area (Å²) in [5, 5.41) is 11.1. The van der Waals surface area contributed by atoms with Crippen LogP contribution >= 0.6 is 0 Å². The van der Waals surface area contributed by atoms with E-state index >= 15 is 0 Å². The topological polar surface area (TPSA) is 64.8 Å². The second-order valence-corrected chi connectivity index (χ2v) is 5.18. The van der Waals surface area contributed by atoms with Crippen LogP contribution in [0.1, 0.15) is 37.8 Å². The number of unbranched alkanes of at least 4 members (excludes halogenated alkanes) is 1. The van der Waals surface area contributed by atoms with Crippen LogP contribution in [-0.2, 0) is 17.9 Å². The first-order chi connectivity index (χ1) is 10.2. The molecule has 0 aromatic heterocycles. The number of ether oxygens (including phenoxy) is 2. The Hall–Kier alpha value is -1.66. The molecule has 6 heteroatoms. The van der Waals surface area contributed by atoms with Gasteiger partial charge in [-0.3, -0.25) is 15.0 Å². The highest BCUT2D eigenvalue weighted by Crippen LogP contribution is 2.33. The van der Waals surface area contributed by atoms with Crippen molar-refractivity contribution in [3.05, 3.63) is 33.4 Å². The number of fused-ring (bicyclic) bond motifs is 1. The molecule has 1 aliphatic heterocycles. The van der Waals surface area contributed by atoms with Crippen molar-refractivity contribution in [1.82, 2.24) is 4.90 Å². The monoisotopic (exact) mass is 294 g/mol. The highest BCUT2D eigenvalue weighted by atomic mass is 16.7. The Bertz CT molecular complexity index is 505. The molecule has 0 unspecified atom stereocenters. The van der Waals surface area contributed by atoms with Crippen LogP contribution in [0.25, 0.3) is 0 Å². The number of nitro groups is 1. The Morgan fingerprint density at radius 2 is 2.19 bits per heavy atom. The van der Waals surface area contributed by atoms with Gasteiger partial charge in [0.15, 0.2) is 6.79 Å². The van der Waals surface area contributed by atoms with E-state index in [0.717, 1.165) is 42.8 Å². The normalized spacial score (nSPS) is 13.9. The molecule has 116 valence electrons. The minimum Gasteiger partial charge on any atom is -0.467 e. The zero-order chi connectivity index (χ0) is 15.2. The lowest BCUT2D eigenvalue weighted by Gasteiger charge is -2.25. The predicted molar refractivity (Wildman–Crippen MR) is 79.2 cm³/mol. The van der Waals surface area contributed by atoms with E-state index in [4.69, 9.17) is 9.47 Å². The van der Waals surface area contributed by atoms with E-state index < -0.39 is 0 Å². The first kappa shape index (κ1) is 15.7. The Labute approximate surface area is 124 Å². The van der Waals surface area contributed by atoms with Gasteiger partial charge in [0, 0.05) is 29.8 Å². The van der Waals surface area contributed by atoms with E-state index in [1.165, 1.54) is 0 Å². The molecule has 0 bridgehead atoms. The van der Waals surface area contributed by atoms with Gasteiger partial charge in [-0.1, -0.05) is 20.3 Å². The summed E-state index contributed by atoms with van der Waals surface area (Å²) in [6.45, 7) is 7.40. The fourth-order valence-corrected chi connectivity index (χ4v) is 2.48. The molecule has 0 N–H and O–H groups in total. The van der Waals surface area contributed by atoms with Gasteiger partial charge in [0.1, 0.15) is 5.75 Å². The van der Waals surface area contributed by atoms with Crippen LogP contribution < -0.4 is 4.74 Å². The third kappa shape index (κ3) is 3.92. The van der Waals surface area contributed by atoms with Crippen molar-refractivity contribution in [2.24, 2.45) is 0 Å². The first-order valence-electron chi connectivity index (χ1n) is 7.38. The number of benzene rings is 1. The van der Waals surface area contributed by atoms with E-state index in [0.29, 0.717) is 13.2 Å². The van der Waals surface area contributed by atoms with E-state index in [9.17, 15) is 10.1 Å². The van der Waals surface area contributed by atoms with Crippen molar-refractivity contribution in [1.29, 1.82) is 0 Å². The van der Waals surface area contributed by atoms with Gasteiger partial charge in [0.05, 0.1) is 11.5 Å². The number of hydrogen-bond donors (Lipinski definition) is 0. The lowest BCUT2D eigenvalue weighted by Crippen LogP contribution is -2.25. The molecular weight excluding hydrogens is 272 g/mol. The summed E-state index contributed by atoms with van der Waals surface area (Å²) in [5.74, 6) is 0.752. The Balaban J connectivity index is 2.27. The molecule has 2 rings (SSSR count). The molecule has 0 saturated carbocycles. The third-order valence-corrected chi connectivity index (χ3v) is 3.65. The van der Waals surface area contributed by atoms with Crippen molar-refractivity contribution in [2.45, 2.75) is 39.8 Å². The second kappa shape index (κ2) is 7.38. The Morgan fingerprint density at radius 3 is 2.86 bits per heavy atom. The molecule has 1 aromatic carbocycles. The maximum Gasteiger partial charge on any atom is 0.270 e. The molecule has 1 heterocycles. The van der Waals surface area contributed by atoms with E-state index in [1.807, 2.05) is 0 Å². The largest absolute Gasteiger partial charge is 0.467 e. The minimum absolute atomic E-state index is 0.101. The maximum atomic E-state index is 11.1. The molecule has 0 fully saturated rings. The van der Waals surface area contributed by atoms with Gasteiger partial charge in [-0.2, -0.15) is 0 Å². The highest BCUT2D eigenvalue weighted by Gasteiger charge is 2.21. The zero-order valence-electron chi connectivity index (χ0n) is 12.6. The summed E-state index contributed by atoms with van der Waals surface area (Å²) in [6.07, 6.45) is 2.25. The van der Waals surface area contributed by atoms with Crippen LogP contribution in [0.15, 0.2) is 12.1 Å². The highest BCUT2D eigenvalue weighted by molar-refractivity contribution is 5.50. The van der Waals surface area contributed by atoms with Gasteiger partial charge >= 0.3 is 0 Å². The lowest BCUT2D eigenvalue weighted by molar-refractivity contribution is -0.385. The maximum absolute atomic E-state index is 11.1. The van der Waals surface area contributed by atoms with Gasteiger partial charge < -0.3 is 9.47 Å². The summed E-state index contributed by atoms with van der Waals surface area (Å²) in [7, 11) is 0. The molecule has 1 aliphatic rings. The smallest absolute Gasteiger partial charge is 0.270 e. The fourth-order valence-electron chi connectivity index (χ4n) is 2.48. The molecule has 21 heavy (non-hydrogen) atoms. The number of hydrogen-bond acceptors (Lipinski definition) is 5. The molecule has 0 atom stereocenters. The summed E-state index contributed by atoms with van der Waals surface area (Å²) in [4.78, 5) is 13.0. The van der Waals surface area contributed by atoms with Crippen LogP contribution in [0.5, 0.6) is 5.75 Å². The van der Waals surface area contributed by atoms with Crippen LogP contribution in [0.2, 0.25) is 0 Å². The van der Waals surface area contributed by atoms with Crippen molar-refractivity contribution in [3.8, 4) is 5.75 Å². The molecule has 6 nitrogen and oxygen atoms in total. The predicted octanol–water partition coefficient (Wildman–Crippen LogP) is 3.08. The second-order valence-electron chi connectivity index (χ2n) is 5.18. The standard InChI is InChI=1S/C15H22N2O4/c1-3-5-6-16(4-2)9-12-7-14(17(18)19)8-13-10-20-11-21-15(12)13/h7-8H,3-6,9-11H2,1-2H3. The van der Waals surface area contributed by atoms with Gasteiger partial charge in [-0.15, -0.1) is 0 Å². The first-order valence-corrected chi connectivity index (χ1v) is 7.38. The lowest BCUT2D eigenvalue weighted by atomic mass is 10.1. The molecule has 0 saturated heterocycles. The fraction of sp³-hybridized carbons (Fsp3) is 0.600. The minimum atomic E-state index is -0.360. The molecular formula is C15H22N2O4.